The predicted molar refractivity (Wildman–Crippen MR) is 127 cm³/mol. The summed E-state index contributed by atoms with van der Waals surface area (Å²) in [5.74, 6) is -0.638. The molecule has 0 N–H and O–H groups in total. The number of benzene rings is 3. The lowest BCUT2D eigenvalue weighted by atomic mass is 9.74. The van der Waals surface area contributed by atoms with Gasteiger partial charge in [0.05, 0.1) is 12.6 Å². The SMILES string of the molecule is CC(=O)N1c2ccccc2C2(CC(=O)N(Cc3ccccc3)C2=O)C1/C=C/c1ccccc1. The number of para-hydroxylation sites is 1. The van der Waals surface area contributed by atoms with Crippen LogP contribution < -0.4 is 4.90 Å². The largest absolute Gasteiger partial charge is 0.304 e. The van der Waals surface area contributed by atoms with Crippen LogP contribution in [-0.4, -0.2) is 28.7 Å². The summed E-state index contributed by atoms with van der Waals surface area (Å²) in [5, 5.41) is 0. The van der Waals surface area contributed by atoms with E-state index in [1.807, 2.05) is 97.1 Å². The van der Waals surface area contributed by atoms with E-state index in [0.29, 0.717) is 5.69 Å². The zero-order chi connectivity index (χ0) is 23.0. The molecule has 0 bridgehead atoms. The fourth-order valence-electron chi connectivity index (χ4n) is 5.10. The Hall–Kier alpha value is -3.99. The van der Waals surface area contributed by atoms with Crippen LogP contribution in [0.3, 0.4) is 0 Å². The van der Waals surface area contributed by atoms with Gasteiger partial charge in [0.1, 0.15) is 5.41 Å². The van der Waals surface area contributed by atoms with Crippen molar-refractivity contribution in [3.8, 4) is 0 Å². The van der Waals surface area contributed by atoms with Gasteiger partial charge in [0.15, 0.2) is 0 Å². The molecule has 2 unspecified atom stereocenters. The van der Waals surface area contributed by atoms with E-state index in [1.54, 1.807) is 4.90 Å². The highest BCUT2D eigenvalue weighted by Gasteiger charge is 2.63. The van der Waals surface area contributed by atoms with E-state index in [9.17, 15) is 14.4 Å². The fourth-order valence-corrected chi connectivity index (χ4v) is 5.10. The summed E-state index contributed by atoms with van der Waals surface area (Å²) in [6.07, 6.45) is 3.85. The van der Waals surface area contributed by atoms with Gasteiger partial charge in [-0.3, -0.25) is 19.3 Å². The number of carbonyl (C=O) groups excluding carboxylic acids is 3. The zero-order valence-corrected chi connectivity index (χ0v) is 18.3. The number of imide groups is 1. The molecule has 0 aromatic heterocycles. The Morgan fingerprint density at radius 3 is 2.27 bits per heavy atom. The molecular weight excluding hydrogens is 412 g/mol. The number of hydrogen-bond acceptors (Lipinski definition) is 3. The number of likely N-dealkylation sites (tertiary alicyclic amines) is 1. The van der Waals surface area contributed by atoms with Gasteiger partial charge >= 0.3 is 0 Å². The number of carbonyl (C=O) groups is 3. The topological polar surface area (TPSA) is 57.7 Å². The van der Waals surface area contributed by atoms with Crippen LogP contribution in [0.4, 0.5) is 5.69 Å². The molecule has 1 fully saturated rings. The van der Waals surface area contributed by atoms with E-state index >= 15 is 0 Å². The van der Waals surface area contributed by atoms with Crippen molar-refractivity contribution < 1.29 is 14.4 Å². The van der Waals surface area contributed by atoms with Crippen LogP contribution in [0.1, 0.15) is 30.0 Å². The number of hydrogen-bond donors (Lipinski definition) is 0. The molecule has 2 atom stereocenters. The predicted octanol–water partition coefficient (Wildman–Crippen LogP) is 4.33. The maximum Gasteiger partial charge on any atom is 0.243 e. The molecule has 2 aliphatic heterocycles. The molecule has 3 aromatic carbocycles. The summed E-state index contributed by atoms with van der Waals surface area (Å²) in [4.78, 5) is 43.1. The summed E-state index contributed by atoms with van der Waals surface area (Å²) in [6, 6.07) is 26.1. The monoisotopic (exact) mass is 436 g/mol. The van der Waals surface area contributed by atoms with Crippen molar-refractivity contribution >= 4 is 29.5 Å². The Balaban J connectivity index is 1.62. The smallest absolute Gasteiger partial charge is 0.243 e. The molecule has 2 heterocycles. The van der Waals surface area contributed by atoms with Gasteiger partial charge in [0.25, 0.3) is 0 Å². The lowest BCUT2D eigenvalue weighted by molar-refractivity contribution is -0.140. The second-order valence-corrected chi connectivity index (χ2v) is 8.54. The second kappa shape index (κ2) is 8.17. The van der Waals surface area contributed by atoms with E-state index in [2.05, 4.69) is 0 Å². The first kappa shape index (κ1) is 20.9. The summed E-state index contributed by atoms with van der Waals surface area (Å²) in [7, 11) is 0. The molecule has 164 valence electrons. The van der Waals surface area contributed by atoms with Crippen LogP contribution in [0.25, 0.3) is 6.08 Å². The van der Waals surface area contributed by atoms with Gasteiger partial charge in [0, 0.05) is 19.0 Å². The lowest BCUT2D eigenvalue weighted by Crippen LogP contribution is -2.50. The molecule has 5 nitrogen and oxygen atoms in total. The summed E-state index contributed by atoms with van der Waals surface area (Å²) < 4.78 is 0. The number of nitrogens with zero attached hydrogens (tertiary/aromatic N) is 2. The lowest BCUT2D eigenvalue weighted by Gasteiger charge is -2.31. The van der Waals surface area contributed by atoms with Gasteiger partial charge in [-0.1, -0.05) is 91.0 Å². The van der Waals surface area contributed by atoms with Gasteiger partial charge in [0.2, 0.25) is 17.7 Å². The van der Waals surface area contributed by atoms with Crippen molar-refractivity contribution in [1.82, 2.24) is 4.90 Å². The first-order valence-electron chi connectivity index (χ1n) is 11.0. The number of amides is 3. The van der Waals surface area contributed by atoms with E-state index in [-0.39, 0.29) is 30.7 Å². The minimum absolute atomic E-state index is 0.0310. The van der Waals surface area contributed by atoms with Crippen LogP contribution in [0.15, 0.2) is 91.0 Å². The maximum atomic E-state index is 14.0. The van der Waals surface area contributed by atoms with Crippen molar-refractivity contribution in [1.29, 1.82) is 0 Å². The molecule has 3 aromatic rings. The Kier molecular flexibility index (Phi) is 5.17. The van der Waals surface area contributed by atoms with Gasteiger partial charge in [-0.25, -0.2) is 0 Å². The molecule has 2 aliphatic rings. The van der Waals surface area contributed by atoms with Crippen molar-refractivity contribution in [2.75, 3.05) is 4.90 Å². The molecule has 5 rings (SSSR count). The summed E-state index contributed by atoms with van der Waals surface area (Å²) in [6.45, 7) is 1.72. The van der Waals surface area contributed by atoms with E-state index in [4.69, 9.17) is 0 Å². The zero-order valence-electron chi connectivity index (χ0n) is 18.3. The van der Waals surface area contributed by atoms with Crippen LogP contribution in [0.5, 0.6) is 0 Å². The fraction of sp³-hybridized carbons (Fsp3) is 0.179. The first-order valence-corrected chi connectivity index (χ1v) is 11.0. The van der Waals surface area contributed by atoms with E-state index in [1.165, 1.54) is 11.8 Å². The average Bonchev–Trinajstić information content (AvgIpc) is 3.25. The van der Waals surface area contributed by atoms with E-state index < -0.39 is 11.5 Å². The normalized spacial score (nSPS) is 21.9. The highest BCUT2D eigenvalue weighted by molar-refractivity contribution is 6.14. The van der Waals surface area contributed by atoms with Crippen LogP contribution in [0, 0.1) is 0 Å². The Morgan fingerprint density at radius 2 is 1.58 bits per heavy atom. The Morgan fingerprint density at radius 1 is 0.939 bits per heavy atom. The number of rotatable bonds is 4. The van der Waals surface area contributed by atoms with Crippen molar-refractivity contribution in [2.45, 2.75) is 31.3 Å². The molecule has 0 aliphatic carbocycles. The third kappa shape index (κ3) is 3.37. The van der Waals surface area contributed by atoms with Gasteiger partial charge in [-0.05, 0) is 22.8 Å². The van der Waals surface area contributed by atoms with E-state index in [0.717, 1.165) is 16.7 Å². The second-order valence-electron chi connectivity index (χ2n) is 8.54. The average molecular weight is 437 g/mol. The van der Waals surface area contributed by atoms with Crippen LogP contribution in [0.2, 0.25) is 0 Å². The Bertz CT molecular complexity index is 1250. The summed E-state index contributed by atoms with van der Waals surface area (Å²) in [5.41, 5.74) is 2.14. The van der Waals surface area contributed by atoms with Crippen LogP contribution in [-0.2, 0) is 26.3 Å². The van der Waals surface area contributed by atoms with Gasteiger partial charge < -0.3 is 4.90 Å². The highest BCUT2D eigenvalue weighted by atomic mass is 16.2. The van der Waals surface area contributed by atoms with Gasteiger partial charge in [-0.2, -0.15) is 0 Å². The van der Waals surface area contributed by atoms with Crippen LogP contribution >= 0.6 is 0 Å². The standard InChI is InChI=1S/C28H24N2O3/c1-20(31)30-24-15-9-8-14-23(24)28(25(30)17-16-21-10-4-2-5-11-21)18-26(32)29(27(28)33)19-22-12-6-3-7-13-22/h2-17,25H,18-19H2,1H3/b17-16+. The van der Waals surface area contributed by atoms with Gasteiger partial charge in [-0.15, -0.1) is 0 Å². The molecule has 1 spiro atoms. The minimum Gasteiger partial charge on any atom is -0.304 e. The highest BCUT2D eigenvalue weighted by Crippen LogP contribution is 2.52. The number of anilines is 1. The molecule has 0 saturated carbocycles. The molecule has 0 radical (unpaired) electrons. The Labute approximate surface area is 192 Å². The summed E-state index contributed by atoms with van der Waals surface area (Å²) >= 11 is 0. The molecule has 33 heavy (non-hydrogen) atoms. The first-order chi connectivity index (χ1) is 16.0. The molecule has 5 heteroatoms. The molecular formula is C28H24N2O3. The molecule has 1 saturated heterocycles. The number of fused-ring (bicyclic) bond motifs is 2. The maximum absolute atomic E-state index is 14.0. The minimum atomic E-state index is -1.14. The third-order valence-corrected chi connectivity index (χ3v) is 6.58. The third-order valence-electron chi connectivity index (χ3n) is 6.58. The van der Waals surface area contributed by atoms with Crippen molar-refractivity contribution in [3.05, 3.63) is 108 Å². The quantitative estimate of drug-likeness (QED) is 0.572. The van der Waals surface area contributed by atoms with Crippen molar-refractivity contribution in [3.63, 3.8) is 0 Å². The molecule has 3 amide bonds. The van der Waals surface area contributed by atoms with Crippen molar-refractivity contribution in [2.24, 2.45) is 0 Å².